The monoisotopic (exact) mass is 638 g/mol. The summed E-state index contributed by atoms with van der Waals surface area (Å²) in [5, 5.41) is 26.2. The first-order valence-electron chi connectivity index (χ1n) is 17.4. The molecule has 2 atom stereocenters. The Labute approximate surface area is 285 Å². The van der Waals surface area contributed by atoms with Crippen LogP contribution in [0.1, 0.15) is 53.0 Å². The van der Waals surface area contributed by atoms with E-state index >= 15 is 0 Å². The van der Waals surface area contributed by atoms with Crippen LogP contribution < -0.4 is 5.32 Å². The third-order valence-electron chi connectivity index (χ3n) is 11.5. The van der Waals surface area contributed by atoms with Crippen LogP contribution in [0.4, 0.5) is 0 Å². The van der Waals surface area contributed by atoms with Crippen LogP contribution in [-0.4, -0.2) is 32.3 Å². The fourth-order valence-electron chi connectivity index (χ4n) is 8.66. The molecule has 2 fully saturated rings. The second-order valence-electron chi connectivity index (χ2n) is 14.4. The summed E-state index contributed by atoms with van der Waals surface area (Å²) in [5.74, 6) is 0.389. The van der Waals surface area contributed by atoms with E-state index < -0.39 is 0 Å². The summed E-state index contributed by atoms with van der Waals surface area (Å²) in [6.45, 7) is 1.70. The Bertz CT molecular complexity index is 2520. The van der Waals surface area contributed by atoms with E-state index in [-0.39, 0.29) is 11.1 Å². The van der Waals surface area contributed by atoms with E-state index in [0.29, 0.717) is 5.92 Å². The highest BCUT2D eigenvalue weighted by Gasteiger charge is 2.59. The molecule has 240 valence electrons. The summed E-state index contributed by atoms with van der Waals surface area (Å²) < 4.78 is 0. The van der Waals surface area contributed by atoms with Crippen LogP contribution in [0.2, 0.25) is 0 Å². The molecule has 2 aliphatic rings. The maximum atomic E-state index is 4.25. The van der Waals surface area contributed by atoms with E-state index in [1.165, 1.54) is 49.4 Å². The van der Waals surface area contributed by atoms with Gasteiger partial charge in [-0.1, -0.05) is 91.0 Å². The highest BCUT2D eigenvalue weighted by atomic mass is 15.2. The van der Waals surface area contributed by atoms with Crippen molar-refractivity contribution in [3.05, 3.63) is 155 Å². The SMILES string of the molecule is CN(Cc1ccc2[nH]ncc2c1)C1(c2cccc3ccccc23)CC1c1ccc2c(C3(NCc4ccc5[nH]ncc5c4)CC3)cccc2c1. The van der Waals surface area contributed by atoms with Crippen molar-refractivity contribution >= 4 is 43.4 Å². The van der Waals surface area contributed by atoms with Crippen molar-refractivity contribution in [2.24, 2.45) is 0 Å². The number of hydrogen-bond donors (Lipinski definition) is 3. The van der Waals surface area contributed by atoms with Crippen molar-refractivity contribution in [3.63, 3.8) is 0 Å². The molecule has 49 heavy (non-hydrogen) atoms. The summed E-state index contributed by atoms with van der Waals surface area (Å²) in [7, 11) is 2.31. The number of benzene rings is 6. The molecule has 0 radical (unpaired) electrons. The Kier molecular flexibility index (Phi) is 6.36. The molecule has 0 spiro atoms. The van der Waals surface area contributed by atoms with Gasteiger partial charge in [-0.3, -0.25) is 15.1 Å². The number of aromatic nitrogens is 4. The quantitative estimate of drug-likeness (QED) is 0.148. The second-order valence-corrected chi connectivity index (χ2v) is 14.4. The first-order chi connectivity index (χ1) is 24.1. The lowest BCUT2D eigenvalue weighted by Crippen LogP contribution is -2.33. The lowest BCUT2D eigenvalue weighted by Gasteiger charge is -2.32. The fraction of sp³-hybridized carbons (Fsp3) is 0.209. The average Bonchev–Trinajstić information content (AvgIpc) is 3.98. The molecule has 3 N–H and O–H groups in total. The summed E-state index contributed by atoms with van der Waals surface area (Å²) in [5.41, 5.74) is 8.93. The third kappa shape index (κ3) is 4.70. The van der Waals surface area contributed by atoms with Crippen LogP contribution >= 0.6 is 0 Å². The van der Waals surface area contributed by atoms with Gasteiger partial charge in [-0.25, -0.2) is 0 Å². The smallest absolute Gasteiger partial charge is 0.0650 e. The van der Waals surface area contributed by atoms with Gasteiger partial charge in [-0.15, -0.1) is 0 Å². The number of fused-ring (bicyclic) bond motifs is 4. The molecule has 8 aromatic rings. The van der Waals surface area contributed by atoms with Gasteiger partial charge in [-0.2, -0.15) is 10.2 Å². The molecule has 0 aliphatic heterocycles. The number of likely N-dealkylation sites (N-methyl/N-ethyl adjacent to an activating group) is 1. The fourth-order valence-corrected chi connectivity index (χ4v) is 8.66. The minimum atomic E-state index is -0.104. The van der Waals surface area contributed by atoms with Gasteiger partial charge in [0, 0.05) is 35.3 Å². The van der Waals surface area contributed by atoms with Crippen molar-refractivity contribution in [3.8, 4) is 0 Å². The van der Waals surface area contributed by atoms with Gasteiger partial charge >= 0.3 is 0 Å². The van der Waals surface area contributed by atoms with Gasteiger partial charge in [0.15, 0.2) is 0 Å². The van der Waals surface area contributed by atoms with E-state index in [0.717, 1.165) is 54.2 Å². The van der Waals surface area contributed by atoms with E-state index in [1.807, 2.05) is 12.4 Å². The molecule has 2 aromatic heterocycles. The van der Waals surface area contributed by atoms with Gasteiger partial charge < -0.3 is 5.32 Å². The van der Waals surface area contributed by atoms with Gasteiger partial charge in [0.2, 0.25) is 0 Å². The summed E-state index contributed by atoms with van der Waals surface area (Å²) in [4.78, 5) is 2.60. The molecule has 2 saturated carbocycles. The molecule has 6 nitrogen and oxygen atoms in total. The number of nitrogens with one attached hydrogen (secondary N) is 3. The number of H-pyrrole nitrogens is 2. The zero-order chi connectivity index (χ0) is 32.6. The molecular formula is C43H38N6. The van der Waals surface area contributed by atoms with Crippen LogP contribution in [-0.2, 0) is 24.2 Å². The van der Waals surface area contributed by atoms with E-state index in [1.54, 1.807) is 0 Å². The first kappa shape index (κ1) is 28.7. The van der Waals surface area contributed by atoms with Crippen LogP contribution in [0.5, 0.6) is 0 Å². The molecule has 2 aliphatic carbocycles. The van der Waals surface area contributed by atoms with Crippen molar-refractivity contribution in [2.75, 3.05) is 7.05 Å². The Balaban J connectivity index is 0.990. The average molecular weight is 639 g/mol. The maximum absolute atomic E-state index is 4.25. The molecule has 10 rings (SSSR count). The van der Waals surface area contributed by atoms with Crippen LogP contribution in [0.25, 0.3) is 43.4 Å². The number of rotatable bonds is 9. The summed E-state index contributed by atoms with van der Waals surface area (Å²) in [6.07, 6.45) is 7.22. The van der Waals surface area contributed by atoms with Crippen LogP contribution in [0.15, 0.2) is 128 Å². The highest BCUT2D eigenvalue weighted by molar-refractivity contribution is 5.89. The standard InChI is InChI=1S/C43H38N6/c1-49(27-29-13-17-41-34(21-29)26-46-48-41)43(38-11-4-7-30-6-2-3-9-35(30)38)23-39(43)32-14-15-36-31(22-32)8-5-10-37(36)42(18-19-42)44-24-28-12-16-40-33(20-28)25-45-47-40/h2-17,20-22,25-26,39,44H,18-19,23-24,27H2,1H3,(H,45,47)(H,46,48). The Morgan fingerprint density at radius 3 is 2.14 bits per heavy atom. The topological polar surface area (TPSA) is 72.6 Å². The Morgan fingerprint density at radius 2 is 1.35 bits per heavy atom. The van der Waals surface area contributed by atoms with Gasteiger partial charge in [0.1, 0.15) is 0 Å². The molecule has 0 amide bonds. The molecule has 0 bridgehead atoms. The molecule has 6 heteroatoms. The first-order valence-corrected chi connectivity index (χ1v) is 17.4. The highest BCUT2D eigenvalue weighted by Crippen LogP contribution is 2.63. The van der Waals surface area contributed by atoms with Crippen molar-refractivity contribution in [2.45, 2.75) is 49.3 Å². The van der Waals surface area contributed by atoms with Crippen molar-refractivity contribution < 1.29 is 0 Å². The molecular weight excluding hydrogens is 601 g/mol. The Hall–Kier alpha value is -5.30. The zero-order valence-electron chi connectivity index (χ0n) is 27.6. The zero-order valence-corrected chi connectivity index (χ0v) is 27.6. The largest absolute Gasteiger partial charge is 0.303 e. The second kappa shape index (κ2) is 10.9. The van der Waals surface area contributed by atoms with E-state index in [9.17, 15) is 0 Å². The normalized spacial score (nSPS) is 19.8. The minimum absolute atomic E-state index is 0.0228. The predicted molar refractivity (Wildman–Crippen MR) is 198 cm³/mol. The number of hydrogen-bond acceptors (Lipinski definition) is 4. The van der Waals surface area contributed by atoms with Gasteiger partial charge in [0.25, 0.3) is 0 Å². The Morgan fingerprint density at radius 1 is 0.673 bits per heavy atom. The van der Waals surface area contributed by atoms with Gasteiger partial charge in [-0.05, 0) is 99.9 Å². The number of nitrogens with zero attached hydrogens (tertiary/aromatic N) is 3. The third-order valence-corrected chi connectivity index (χ3v) is 11.5. The lowest BCUT2D eigenvalue weighted by molar-refractivity contribution is 0.208. The summed E-state index contributed by atoms with van der Waals surface area (Å²) in [6, 6.07) is 43.1. The minimum Gasteiger partial charge on any atom is -0.303 e. The molecule has 2 heterocycles. The van der Waals surface area contributed by atoms with Gasteiger partial charge in [0.05, 0.1) is 29.0 Å². The molecule has 2 unspecified atom stereocenters. The van der Waals surface area contributed by atoms with Crippen LogP contribution in [0, 0.1) is 0 Å². The van der Waals surface area contributed by atoms with E-state index in [2.05, 4.69) is 153 Å². The lowest BCUT2D eigenvalue weighted by atomic mass is 9.90. The predicted octanol–water partition coefficient (Wildman–Crippen LogP) is 9.04. The van der Waals surface area contributed by atoms with E-state index in [4.69, 9.17) is 0 Å². The van der Waals surface area contributed by atoms with Crippen molar-refractivity contribution in [1.29, 1.82) is 0 Å². The van der Waals surface area contributed by atoms with Crippen LogP contribution in [0.3, 0.4) is 0 Å². The molecule has 0 saturated heterocycles. The number of aromatic amines is 2. The van der Waals surface area contributed by atoms with Crippen molar-refractivity contribution in [1.82, 2.24) is 30.6 Å². The molecule has 6 aromatic carbocycles. The maximum Gasteiger partial charge on any atom is 0.0650 e. The summed E-state index contributed by atoms with van der Waals surface area (Å²) >= 11 is 0.